The van der Waals surface area contributed by atoms with Crippen molar-refractivity contribution in [3.8, 4) is 5.95 Å². The number of hydrogen-bond donors (Lipinski definition) is 1. The summed E-state index contributed by atoms with van der Waals surface area (Å²) in [6.07, 6.45) is 8.61. The molecular weight excluding hydrogens is 434 g/mol. The lowest BCUT2D eigenvalue weighted by Gasteiger charge is -2.21. The van der Waals surface area contributed by atoms with Gasteiger partial charge in [-0.3, -0.25) is 10.0 Å². The molecule has 180 valence electrons. The molecule has 2 heterocycles. The molecule has 7 heteroatoms. The van der Waals surface area contributed by atoms with Crippen molar-refractivity contribution >= 4 is 11.8 Å². The highest BCUT2D eigenvalue weighted by Gasteiger charge is 2.27. The average Bonchev–Trinajstić information content (AvgIpc) is 3.23. The van der Waals surface area contributed by atoms with E-state index in [1.54, 1.807) is 31.2 Å². The monoisotopic (exact) mass is 464 g/mol. The zero-order chi connectivity index (χ0) is 24.8. The Morgan fingerprint density at radius 2 is 1.82 bits per heavy atom. The zero-order valence-corrected chi connectivity index (χ0v) is 20.1. The third-order valence-corrected chi connectivity index (χ3v) is 5.46. The molecule has 1 atom stereocenters. The van der Waals surface area contributed by atoms with Gasteiger partial charge in [0.2, 0.25) is 0 Å². The summed E-state index contributed by atoms with van der Waals surface area (Å²) in [4.78, 5) is 12.1. The van der Waals surface area contributed by atoms with Gasteiger partial charge in [-0.05, 0) is 51.0 Å². The largest absolute Gasteiger partial charge is 0.733 e. The van der Waals surface area contributed by atoms with Crippen LogP contribution >= 0.6 is 0 Å². The maximum Gasteiger partial charge on any atom is 0.288 e. The topological polar surface area (TPSA) is 95.2 Å². The van der Waals surface area contributed by atoms with E-state index < -0.39 is 0 Å². The van der Waals surface area contributed by atoms with E-state index in [-0.39, 0.29) is 28.4 Å². The molecule has 1 aromatic carbocycles. The lowest BCUT2D eigenvalue weighted by atomic mass is 10.0. The van der Waals surface area contributed by atoms with Crippen molar-refractivity contribution in [1.29, 1.82) is 0 Å². The normalized spacial score (nSPS) is 18.5. The molecule has 0 bridgehead atoms. The van der Waals surface area contributed by atoms with Crippen molar-refractivity contribution in [2.24, 2.45) is 0 Å². The number of nitrogens with zero attached hydrogens (tertiary/aromatic N) is 1. The van der Waals surface area contributed by atoms with Crippen LogP contribution in [0.15, 0.2) is 80.1 Å². The highest BCUT2D eigenvalue weighted by Crippen LogP contribution is 2.35. The Hall–Kier alpha value is -3.39. The summed E-state index contributed by atoms with van der Waals surface area (Å²) in [6.45, 7) is 8.29. The second-order valence-electron chi connectivity index (χ2n) is 8.46. The van der Waals surface area contributed by atoms with Crippen LogP contribution in [0.3, 0.4) is 0 Å². The van der Waals surface area contributed by atoms with E-state index in [0.717, 1.165) is 27.9 Å². The third-order valence-electron chi connectivity index (χ3n) is 5.46. The van der Waals surface area contributed by atoms with Crippen LogP contribution in [0.4, 0.5) is 5.69 Å². The Balaban J connectivity index is 1.69. The second-order valence-corrected chi connectivity index (χ2v) is 8.46. The number of hydrogen-bond acceptors (Lipinski definition) is 7. The maximum absolute atomic E-state index is 12.1. The predicted octanol–water partition coefficient (Wildman–Crippen LogP) is 6.03. The molecule has 7 nitrogen and oxygen atoms in total. The first-order valence-electron chi connectivity index (χ1n) is 11.0. The van der Waals surface area contributed by atoms with E-state index in [2.05, 4.69) is 18.2 Å². The van der Waals surface area contributed by atoms with E-state index in [9.17, 15) is 10.0 Å². The minimum absolute atomic E-state index is 0.129. The van der Waals surface area contributed by atoms with Crippen LogP contribution in [-0.4, -0.2) is 18.9 Å². The number of methoxy groups -OCH3 is 1. The molecule has 2 aromatic rings. The van der Waals surface area contributed by atoms with Crippen molar-refractivity contribution in [3.63, 3.8) is 0 Å². The van der Waals surface area contributed by atoms with E-state index in [1.807, 2.05) is 26.8 Å². The van der Waals surface area contributed by atoms with Gasteiger partial charge in [-0.25, -0.2) is 0 Å². The van der Waals surface area contributed by atoms with Crippen molar-refractivity contribution < 1.29 is 19.1 Å². The van der Waals surface area contributed by atoms with E-state index in [0.29, 0.717) is 24.4 Å². The van der Waals surface area contributed by atoms with Gasteiger partial charge in [-0.15, -0.1) is 0 Å². The lowest BCUT2D eigenvalue weighted by Crippen LogP contribution is -2.11. The van der Waals surface area contributed by atoms with E-state index in [1.165, 1.54) is 13.2 Å². The first kappa shape index (κ1) is 25.2. The van der Waals surface area contributed by atoms with Gasteiger partial charge in [0.15, 0.2) is 5.43 Å². The Bertz CT molecular complexity index is 1200. The van der Waals surface area contributed by atoms with E-state index >= 15 is 0 Å². The molecule has 1 fully saturated rings. The minimum atomic E-state index is -0.311. The van der Waals surface area contributed by atoms with Gasteiger partial charge in [0, 0.05) is 12.0 Å². The molecule has 1 N–H and O–H groups in total. The van der Waals surface area contributed by atoms with Crippen LogP contribution in [0, 0.1) is 12.1 Å². The molecule has 1 aromatic heterocycles. The number of allylic oxidation sites excluding steroid dienone is 6. The van der Waals surface area contributed by atoms with Crippen molar-refractivity contribution in [2.75, 3.05) is 18.9 Å². The highest BCUT2D eigenvalue weighted by molar-refractivity contribution is 5.59. The first-order valence-corrected chi connectivity index (χ1v) is 11.0. The van der Waals surface area contributed by atoms with E-state index in [4.69, 9.17) is 19.1 Å². The summed E-state index contributed by atoms with van der Waals surface area (Å²) in [7, 11) is 1.47. The quantitative estimate of drug-likeness (QED) is 0.394. The Morgan fingerprint density at radius 3 is 2.47 bits per heavy atom. The fourth-order valence-corrected chi connectivity index (χ4v) is 3.92. The van der Waals surface area contributed by atoms with Crippen LogP contribution in [-0.2, 0) is 4.74 Å². The second kappa shape index (κ2) is 11.2. The Morgan fingerprint density at radius 1 is 1.15 bits per heavy atom. The summed E-state index contributed by atoms with van der Waals surface area (Å²) in [5.41, 5.74) is 5.89. The maximum atomic E-state index is 12.1. The standard InChI is InChI=1S/C27H30NO6/c1-17(10-18(2)12-21-6-8-23(9-7-21)28(30)31)11-19(3)13-22-14-25(33-16-22)27-20(4)24(29)15-26(32-5)34-27/h6-13,15,25,30H,14,16H2,1-5H3/q-1. The fraction of sp³-hybridized carbons (Fsp3) is 0.296. The summed E-state index contributed by atoms with van der Waals surface area (Å²) < 4.78 is 16.7. The SMILES string of the molecule is COc1cc(=O)c(C)c(C2CC(=CC(C)=CC(C)=CC(C)=Cc3ccc(N([O-])O)cc3)CO2)o1. The van der Waals surface area contributed by atoms with Gasteiger partial charge >= 0.3 is 0 Å². The molecule has 0 radical (unpaired) electrons. The van der Waals surface area contributed by atoms with Crippen molar-refractivity contribution in [1.82, 2.24) is 0 Å². The molecule has 1 saturated heterocycles. The number of rotatable bonds is 7. The van der Waals surface area contributed by atoms with Gasteiger partial charge in [0.1, 0.15) is 11.9 Å². The summed E-state index contributed by atoms with van der Waals surface area (Å²) in [5, 5.41) is 19.7. The van der Waals surface area contributed by atoms with Crippen LogP contribution in [0.2, 0.25) is 0 Å². The molecule has 0 aliphatic carbocycles. The number of benzene rings is 1. The molecule has 0 amide bonds. The molecule has 34 heavy (non-hydrogen) atoms. The van der Waals surface area contributed by atoms with Gasteiger partial charge < -0.3 is 24.3 Å². The predicted molar refractivity (Wildman–Crippen MR) is 133 cm³/mol. The summed E-state index contributed by atoms with van der Waals surface area (Å²) in [6, 6.07) is 8.02. The van der Waals surface area contributed by atoms with Crippen LogP contribution < -0.4 is 15.4 Å². The molecule has 1 aliphatic heterocycles. The van der Waals surface area contributed by atoms with Crippen LogP contribution in [0.5, 0.6) is 5.95 Å². The number of anilines is 1. The van der Waals surface area contributed by atoms with Crippen molar-refractivity contribution in [3.05, 3.63) is 103 Å². The molecule has 1 unspecified atom stereocenters. The fourth-order valence-electron chi connectivity index (χ4n) is 3.92. The van der Waals surface area contributed by atoms with Gasteiger partial charge in [-0.1, -0.05) is 53.2 Å². The Labute approximate surface area is 199 Å². The van der Waals surface area contributed by atoms with Crippen molar-refractivity contribution in [2.45, 2.75) is 40.2 Å². The molecule has 3 rings (SSSR count). The highest BCUT2D eigenvalue weighted by atomic mass is 16.8. The van der Waals surface area contributed by atoms with Gasteiger partial charge in [0.25, 0.3) is 5.95 Å². The smallest absolute Gasteiger partial charge is 0.288 e. The molecule has 0 saturated carbocycles. The third kappa shape index (κ3) is 6.57. The lowest BCUT2D eigenvalue weighted by molar-refractivity contribution is 0.0883. The minimum Gasteiger partial charge on any atom is -0.733 e. The van der Waals surface area contributed by atoms with Gasteiger partial charge in [-0.2, -0.15) is 0 Å². The number of ether oxygens (including phenoxy) is 2. The zero-order valence-electron chi connectivity index (χ0n) is 20.1. The summed E-state index contributed by atoms with van der Waals surface area (Å²) >= 11 is 0. The first-order chi connectivity index (χ1) is 16.2. The average molecular weight is 465 g/mol. The van der Waals surface area contributed by atoms with Crippen LogP contribution in [0.1, 0.15) is 50.2 Å². The summed E-state index contributed by atoms with van der Waals surface area (Å²) in [5.74, 6) is 0.699. The molecule has 0 spiro atoms. The van der Waals surface area contributed by atoms with Gasteiger partial charge in [0.05, 0.1) is 25.5 Å². The molecule has 1 aliphatic rings. The molecular formula is C27H30NO6-. The van der Waals surface area contributed by atoms with Crippen LogP contribution in [0.25, 0.3) is 6.08 Å². The Kier molecular flexibility index (Phi) is 8.28.